The molecule has 2 rings (SSSR count). The van der Waals surface area contributed by atoms with Gasteiger partial charge in [-0.15, -0.1) is 0 Å². The summed E-state index contributed by atoms with van der Waals surface area (Å²) in [6, 6.07) is 13.6. The van der Waals surface area contributed by atoms with Crippen LogP contribution in [0.3, 0.4) is 0 Å². The molecule has 3 heteroatoms. The monoisotopic (exact) mass is 238 g/mol. The van der Waals surface area contributed by atoms with Crippen LogP contribution in [0.15, 0.2) is 48.7 Å². The number of pyridine rings is 1. The molecular formula is C15H14N2O. The Morgan fingerprint density at radius 3 is 2.67 bits per heavy atom. The van der Waals surface area contributed by atoms with Crippen LogP contribution in [0.1, 0.15) is 5.56 Å². The summed E-state index contributed by atoms with van der Waals surface area (Å²) in [5.41, 5.74) is 1.95. The van der Waals surface area contributed by atoms with E-state index >= 15 is 0 Å². The standard InChI is InChI=1S/C15H14N2O/c1-18-15-10-9-14(12-17-15)16-11-5-8-13-6-3-2-4-7-13/h2-4,6-7,9-10,12,16H,11H2,1H3. The van der Waals surface area contributed by atoms with Crippen LogP contribution in [-0.2, 0) is 0 Å². The second-order valence-electron chi connectivity index (χ2n) is 3.61. The number of ether oxygens (including phenoxy) is 1. The molecule has 0 aliphatic rings. The molecular weight excluding hydrogens is 224 g/mol. The minimum atomic E-state index is 0.586. The molecule has 0 spiro atoms. The first kappa shape index (κ1) is 12.0. The summed E-state index contributed by atoms with van der Waals surface area (Å²) in [6.07, 6.45) is 1.73. The number of hydrogen-bond donors (Lipinski definition) is 1. The van der Waals surface area contributed by atoms with E-state index in [-0.39, 0.29) is 0 Å². The fourth-order valence-corrected chi connectivity index (χ4v) is 1.42. The van der Waals surface area contributed by atoms with Crippen molar-refractivity contribution in [1.29, 1.82) is 0 Å². The van der Waals surface area contributed by atoms with E-state index in [2.05, 4.69) is 22.1 Å². The Labute approximate surface area is 107 Å². The molecule has 0 fully saturated rings. The second-order valence-corrected chi connectivity index (χ2v) is 3.61. The van der Waals surface area contributed by atoms with Gasteiger partial charge in [0.15, 0.2) is 0 Å². The van der Waals surface area contributed by atoms with E-state index in [1.165, 1.54) is 0 Å². The summed E-state index contributed by atoms with van der Waals surface area (Å²) in [5.74, 6) is 6.75. The van der Waals surface area contributed by atoms with E-state index in [1.54, 1.807) is 13.3 Å². The molecule has 3 nitrogen and oxygen atoms in total. The Kier molecular flexibility index (Phi) is 4.21. The molecule has 0 aliphatic carbocycles. The van der Waals surface area contributed by atoms with Crippen molar-refractivity contribution in [1.82, 2.24) is 4.98 Å². The van der Waals surface area contributed by atoms with Crippen molar-refractivity contribution >= 4 is 5.69 Å². The summed E-state index contributed by atoms with van der Waals surface area (Å²) in [6.45, 7) is 0.586. The molecule has 90 valence electrons. The van der Waals surface area contributed by atoms with Gasteiger partial charge in [-0.1, -0.05) is 30.0 Å². The first-order valence-corrected chi connectivity index (χ1v) is 5.66. The van der Waals surface area contributed by atoms with Crippen molar-refractivity contribution in [2.24, 2.45) is 0 Å². The van der Waals surface area contributed by atoms with Gasteiger partial charge in [0.05, 0.1) is 25.5 Å². The number of aromatic nitrogens is 1. The molecule has 0 bridgehead atoms. The molecule has 0 aliphatic heterocycles. The summed E-state index contributed by atoms with van der Waals surface area (Å²) in [4.78, 5) is 4.10. The van der Waals surface area contributed by atoms with Crippen molar-refractivity contribution in [3.8, 4) is 17.7 Å². The molecule has 1 aromatic carbocycles. The lowest BCUT2D eigenvalue weighted by atomic mass is 10.2. The van der Waals surface area contributed by atoms with Crippen LogP contribution in [0.25, 0.3) is 0 Å². The van der Waals surface area contributed by atoms with Crippen LogP contribution >= 0.6 is 0 Å². The smallest absolute Gasteiger partial charge is 0.213 e. The normalized spacial score (nSPS) is 9.17. The highest BCUT2D eigenvalue weighted by Gasteiger charge is 1.92. The van der Waals surface area contributed by atoms with Gasteiger partial charge in [-0.25, -0.2) is 4.98 Å². The summed E-state index contributed by atoms with van der Waals surface area (Å²) in [7, 11) is 1.60. The first-order valence-electron chi connectivity index (χ1n) is 5.66. The molecule has 0 unspecified atom stereocenters. The van der Waals surface area contributed by atoms with Crippen LogP contribution in [-0.4, -0.2) is 18.6 Å². The maximum atomic E-state index is 4.99. The molecule has 18 heavy (non-hydrogen) atoms. The van der Waals surface area contributed by atoms with Gasteiger partial charge in [-0.3, -0.25) is 0 Å². The lowest BCUT2D eigenvalue weighted by Gasteiger charge is -2.02. The van der Waals surface area contributed by atoms with Gasteiger partial charge in [0, 0.05) is 11.6 Å². The average Bonchev–Trinajstić information content (AvgIpc) is 2.45. The number of hydrogen-bond acceptors (Lipinski definition) is 3. The van der Waals surface area contributed by atoms with Gasteiger partial charge in [0.25, 0.3) is 0 Å². The minimum absolute atomic E-state index is 0.586. The summed E-state index contributed by atoms with van der Waals surface area (Å²) in [5, 5.41) is 3.17. The third-order valence-electron chi connectivity index (χ3n) is 2.33. The van der Waals surface area contributed by atoms with Gasteiger partial charge in [0.2, 0.25) is 5.88 Å². The Balaban J connectivity index is 1.87. The molecule has 2 aromatic rings. The van der Waals surface area contributed by atoms with E-state index in [9.17, 15) is 0 Å². The topological polar surface area (TPSA) is 34.1 Å². The quantitative estimate of drug-likeness (QED) is 0.834. The lowest BCUT2D eigenvalue weighted by Crippen LogP contribution is -1.99. The number of anilines is 1. The van der Waals surface area contributed by atoms with Crippen molar-refractivity contribution < 1.29 is 4.74 Å². The fraction of sp³-hybridized carbons (Fsp3) is 0.133. The Morgan fingerprint density at radius 1 is 1.17 bits per heavy atom. The maximum absolute atomic E-state index is 4.99. The van der Waals surface area contributed by atoms with Gasteiger partial charge < -0.3 is 10.1 Å². The first-order chi connectivity index (χ1) is 8.88. The maximum Gasteiger partial charge on any atom is 0.213 e. The Morgan fingerprint density at radius 2 is 2.00 bits per heavy atom. The van der Waals surface area contributed by atoms with Crippen LogP contribution in [0, 0.1) is 11.8 Å². The Bertz CT molecular complexity index is 538. The van der Waals surface area contributed by atoms with Crippen LogP contribution in [0.4, 0.5) is 5.69 Å². The van der Waals surface area contributed by atoms with Crippen LogP contribution in [0.5, 0.6) is 5.88 Å². The second kappa shape index (κ2) is 6.31. The Hall–Kier alpha value is -2.47. The molecule has 0 saturated heterocycles. The van der Waals surface area contributed by atoms with Crippen LogP contribution < -0.4 is 10.1 Å². The van der Waals surface area contributed by atoms with Gasteiger partial charge >= 0.3 is 0 Å². The lowest BCUT2D eigenvalue weighted by molar-refractivity contribution is 0.398. The molecule has 0 saturated carbocycles. The molecule has 0 radical (unpaired) electrons. The zero-order chi connectivity index (χ0) is 12.6. The SMILES string of the molecule is COc1ccc(NCC#Cc2ccccc2)cn1. The molecule has 1 N–H and O–H groups in total. The number of rotatable bonds is 3. The highest BCUT2D eigenvalue weighted by molar-refractivity contribution is 5.44. The molecule has 1 aromatic heterocycles. The zero-order valence-electron chi connectivity index (χ0n) is 10.2. The fourth-order valence-electron chi connectivity index (χ4n) is 1.42. The highest BCUT2D eigenvalue weighted by Crippen LogP contribution is 2.10. The van der Waals surface area contributed by atoms with Crippen molar-refractivity contribution in [2.75, 3.05) is 19.0 Å². The van der Waals surface area contributed by atoms with E-state index < -0.39 is 0 Å². The highest BCUT2D eigenvalue weighted by atomic mass is 16.5. The summed E-state index contributed by atoms with van der Waals surface area (Å²) >= 11 is 0. The van der Waals surface area contributed by atoms with E-state index in [0.29, 0.717) is 12.4 Å². The molecule has 0 amide bonds. The van der Waals surface area contributed by atoms with Crippen molar-refractivity contribution in [3.63, 3.8) is 0 Å². The van der Waals surface area contributed by atoms with Crippen LogP contribution in [0.2, 0.25) is 0 Å². The largest absolute Gasteiger partial charge is 0.481 e. The number of benzene rings is 1. The van der Waals surface area contributed by atoms with E-state index in [1.807, 2.05) is 42.5 Å². The van der Waals surface area contributed by atoms with Gasteiger partial charge in [0.1, 0.15) is 0 Å². The predicted octanol–water partition coefficient (Wildman–Crippen LogP) is 2.55. The van der Waals surface area contributed by atoms with Gasteiger partial charge in [-0.05, 0) is 18.2 Å². The van der Waals surface area contributed by atoms with E-state index in [0.717, 1.165) is 11.3 Å². The van der Waals surface area contributed by atoms with Crippen molar-refractivity contribution in [2.45, 2.75) is 0 Å². The van der Waals surface area contributed by atoms with E-state index in [4.69, 9.17) is 4.74 Å². The molecule has 1 heterocycles. The number of methoxy groups -OCH3 is 1. The number of nitrogens with one attached hydrogen (secondary N) is 1. The van der Waals surface area contributed by atoms with Crippen molar-refractivity contribution in [3.05, 3.63) is 54.2 Å². The third-order valence-corrected chi connectivity index (χ3v) is 2.33. The zero-order valence-corrected chi connectivity index (χ0v) is 10.2. The minimum Gasteiger partial charge on any atom is -0.481 e. The third kappa shape index (κ3) is 3.53. The van der Waals surface area contributed by atoms with Gasteiger partial charge in [-0.2, -0.15) is 0 Å². The average molecular weight is 238 g/mol. The summed E-state index contributed by atoms with van der Waals surface area (Å²) < 4.78 is 4.99. The number of nitrogens with zero attached hydrogens (tertiary/aromatic N) is 1. The molecule has 0 atom stereocenters. The predicted molar refractivity (Wildman–Crippen MR) is 72.6 cm³/mol.